The van der Waals surface area contributed by atoms with Crippen LogP contribution in [0.4, 0.5) is 0 Å². The van der Waals surface area contributed by atoms with Gasteiger partial charge < -0.3 is 5.11 Å². The molecule has 0 saturated carbocycles. The number of hydrogen-bond acceptors (Lipinski definition) is 3. The molecule has 4 nitrogen and oxygen atoms in total. The minimum absolute atomic E-state index is 0.142. The monoisotopic (exact) mass is 327 g/mol. The quantitative estimate of drug-likeness (QED) is 0.757. The normalized spacial score (nSPS) is 11.7. The summed E-state index contributed by atoms with van der Waals surface area (Å²) in [4.78, 5) is 0.198. The minimum atomic E-state index is -3.57. The van der Waals surface area contributed by atoms with Gasteiger partial charge in [-0.1, -0.05) is 42.5 Å². The van der Waals surface area contributed by atoms with Crippen molar-refractivity contribution in [2.45, 2.75) is 11.3 Å². The molecule has 0 bridgehead atoms. The third-order valence-corrected chi connectivity index (χ3v) is 5.15. The van der Waals surface area contributed by atoms with Crippen LogP contribution < -0.4 is 4.72 Å². The van der Waals surface area contributed by atoms with E-state index in [1.165, 1.54) is 6.07 Å². The largest absolute Gasteiger partial charge is 0.507 e. The van der Waals surface area contributed by atoms with Crippen LogP contribution in [-0.4, -0.2) is 20.1 Å². The number of phenols is 1. The lowest BCUT2D eigenvalue weighted by Gasteiger charge is -2.08. The second kappa shape index (κ2) is 6.40. The Hall–Kier alpha value is -2.37. The van der Waals surface area contributed by atoms with Crippen LogP contribution in [0.3, 0.4) is 0 Å². The molecule has 0 radical (unpaired) electrons. The molecule has 0 unspecified atom stereocenters. The van der Waals surface area contributed by atoms with Crippen molar-refractivity contribution in [3.05, 3.63) is 72.3 Å². The minimum Gasteiger partial charge on any atom is -0.507 e. The van der Waals surface area contributed by atoms with Gasteiger partial charge in [-0.25, -0.2) is 13.1 Å². The highest BCUT2D eigenvalue weighted by Gasteiger charge is 2.14. The molecular weight excluding hydrogens is 310 g/mol. The summed E-state index contributed by atoms with van der Waals surface area (Å²) in [5, 5.41) is 11.1. The van der Waals surface area contributed by atoms with Crippen LogP contribution in [0.5, 0.6) is 5.75 Å². The molecule has 0 aliphatic carbocycles. The van der Waals surface area contributed by atoms with E-state index < -0.39 is 10.0 Å². The zero-order valence-corrected chi connectivity index (χ0v) is 13.3. The van der Waals surface area contributed by atoms with Crippen molar-refractivity contribution in [1.82, 2.24) is 4.72 Å². The number of phenolic OH excluding ortho intramolecular Hbond substituents is 1. The molecule has 0 heterocycles. The Morgan fingerprint density at radius 3 is 2.48 bits per heavy atom. The van der Waals surface area contributed by atoms with Gasteiger partial charge in [-0.05, 0) is 41.6 Å². The topological polar surface area (TPSA) is 66.4 Å². The Labute approximate surface area is 135 Å². The summed E-state index contributed by atoms with van der Waals surface area (Å²) in [6.45, 7) is 0.338. The first kappa shape index (κ1) is 15.5. The van der Waals surface area contributed by atoms with Crippen LogP contribution in [0.25, 0.3) is 10.8 Å². The first-order valence-electron chi connectivity index (χ1n) is 7.32. The fourth-order valence-corrected chi connectivity index (χ4v) is 3.54. The SMILES string of the molecule is O=S(=O)(NCCc1ccccc1)c1ccc2c(O)cccc2c1. The Morgan fingerprint density at radius 2 is 1.70 bits per heavy atom. The van der Waals surface area contributed by atoms with E-state index in [1.54, 1.807) is 30.3 Å². The third kappa shape index (κ3) is 3.52. The fourth-order valence-electron chi connectivity index (χ4n) is 2.47. The van der Waals surface area contributed by atoms with Crippen molar-refractivity contribution < 1.29 is 13.5 Å². The summed E-state index contributed by atoms with van der Waals surface area (Å²) in [6.07, 6.45) is 0.633. The number of fused-ring (bicyclic) bond motifs is 1. The summed E-state index contributed by atoms with van der Waals surface area (Å²) < 4.78 is 27.4. The van der Waals surface area contributed by atoms with Gasteiger partial charge in [0, 0.05) is 11.9 Å². The van der Waals surface area contributed by atoms with Gasteiger partial charge in [-0.2, -0.15) is 0 Å². The zero-order valence-electron chi connectivity index (χ0n) is 12.4. The summed E-state index contributed by atoms with van der Waals surface area (Å²) in [5.41, 5.74) is 1.08. The van der Waals surface area contributed by atoms with Crippen molar-refractivity contribution in [1.29, 1.82) is 0 Å². The molecule has 0 amide bonds. The summed E-state index contributed by atoms with van der Waals surface area (Å²) >= 11 is 0. The fraction of sp³-hybridized carbons (Fsp3) is 0.111. The number of aromatic hydroxyl groups is 1. The predicted octanol–water partition coefficient (Wildman–Crippen LogP) is 3.07. The molecule has 23 heavy (non-hydrogen) atoms. The summed E-state index contributed by atoms with van der Waals surface area (Å²) in [7, 11) is -3.57. The molecule has 0 aliphatic heterocycles. The molecular formula is C18H17NO3S. The lowest BCUT2D eigenvalue weighted by atomic mass is 10.1. The molecule has 3 rings (SSSR count). The standard InChI is InChI=1S/C18H17NO3S/c20-18-8-4-7-15-13-16(9-10-17(15)18)23(21,22)19-12-11-14-5-2-1-3-6-14/h1-10,13,19-20H,11-12H2. The Bertz CT molecular complexity index is 921. The Kier molecular flexibility index (Phi) is 4.32. The van der Waals surface area contributed by atoms with E-state index in [-0.39, 0.29) is 10.6 Å². The lowest BCUT2D eigenvalue weighted by Crippen LogP contribution is -2.25. The number of rotatable bonds is 5. The zero-order chi connectivity index (χ0) is 16.3. The van der Waals surface area contributed by atoms with Gasteiger partial charge >= 0.3 is 0 Å². The summed E-state index contributed by atoms with van der Waals surface area (Å²) in [6, 6.07) is 19.5. The van der Waals surface area contributed by atoms with Crippen LogP contribution in [0.15, 0.2) is 71.6 Å². The average molecular weight is 327 g/mol. The molecule has 3 aromatic rings. The molecule has 118 valence electrons. The van der Waals surface area contributed by atoms with Crippen LogP contribution in [0.2, 0.25) is 0 Å². The van der Waals surface area contributed by atoms with Crippen LogP contribution in [0.1, 0.15) is 5.56 Å². The van der Waals surface area contributed by atoms with E-state index in [4.69, 9.17) is 0 Å². The number of sulfonamides is 1. The predicted molar refractivity (Wildman–Crippen MR) is 90.9 cm³/mol. The molecule has 5 heteroatoms. The second-order valence-electron chi connectivity index (χ2n) is 5.29. The van der Waals surface area contributed by atoms with Crippen LogP contribution in [0, 0.1) is 0 Å². The maximum atomic E-state index is 12.4. The van der Waals surface area contributed by atoms with Gasteiger partial charge in [-0.3, -0.25) is 0 Å². The molecule has 0 aliphatic rings. The third-order valence-electron chi connectivity index (χ3n) is 3.69. The molecule has 0 aromatic heterocycles. The molecule has 3 aromatic carbocycles. The number of benzene rings is 3. The molecule has 0 spiro atoms. The van der Waals surface area contributed by atoms with E-state index in [9.17, 15) is 13.5 Å². The maximum Gasteiger partial charge on any atom is 0.240 e. The first-order chi connectivity index (χ1) is 11.1. The van der Waals surface area contributed by atoms with Gasteiger partial charge in [0.05, 0.1) is 4.90 Å². The highest BCUT2D eigenvalue weighted by Crippen LogP contribution is 2.26. The smallest absolute Gasteiger partial charge is 0.240 e. The number of hydrogen-bond donors (Lipinski definition) is 2. The van der Waals surface area contributed by atoms with Gasteiger partial charge in [0.15, 0.2) is 0 Å². The van der Waals surface area contributed by atoms with Gasteiger partial charge in [0.25, 0.3) is 0 Å². The van der Waals surface area contributed by atoms with Gasteiger partial charge in [-0.15, -0.1) is 0 Å². The van der Waals surface area contributed by atoms with Crippen LogP contribution in [-0.2, 0) is 16.4 Å². The van der Waals surface area contributed by atoms with Crippen molar-refractivity contribution in [3.63, 3.8) is 0 Å². The maximum absolute atomic E-state index is 12.4. The molecule has 0 saturated heterocycles. The summed E-state index contributed by atoms with van der Waals surface area (Å²) in [5.74, 6) is 0.142. The van der Waals surface area contributed by atoms with Crippen molar-refractivity contribution >= 4 is 20.8 Å². The van der Waals surface area contributed by atoms with E-state index in [1.807, 2.05) is 30.3 Å². The first-order valence-corrected chi connectivity index (χ1v) is 8.80. The highest BCUT2D eigenvalue weighted by atomic mass is 32.2. The average Bonchev–Trinajstić information content (AvgIpc) is 2.55. The van der Waals surface area contributed by atoms with Crippen LogP contribution >= 0.6 is 0 Å². The number of nitrogens with one attached hydrogen (secondary N) is 1. The van der Waals surface area contributed by atoms with Gasteiger partial charge in [0.1, 0.15) is 5.75 Å². The van der Waals surface area contributed by atoms with Crippen molar-refractivity contribution in [2.24, 2.45) is 0 Å². The highest BCUT2D eigenvalue weighted by molar-refractivity contribution is 7.89. The van der Waals surface area contributed by atoms with E-state index in [0.29, 0.717) is 23.7 Å². The van der Waals surface area contributed by atoms with Crippen molar-refractivity contribution in [2.75, 3.05) is 6.54 Å². The van der Waals surface area contributed by atoms with Crippen molar-refractivity contribution in [3.8, 4) is 5.75 Å². The Morgan fingerprint density at radius 1 is 0.913 bits per heavy atom. The molecule has 0 atom stereocenters. The lowest BCUT2D eigenvalue weighted by molar-refractivity contribution is 0.481. The van der Waals surface area contributed by atoms with E-state index >= 15 is 0 Å². The molecule has 0 fully saturated rings. The van der Waals surface area contributed by atoms with Gasteiger partial charge in [0.2, 0.25) is 10.0 Å². The molecule has 2 N–H and O–H groups in total. The Balaban J connectivity index is 1.77. The van der Waals surface area contributed by atoms with E-state index in [0.717, 1.165) is 5.56 Å². The van der Waals surface area contributed by atoms with E-state index in [2.05, 4.69) is 4.72 Å². The second-order valence-corrected chi connectivity index (χ2v) is 7.06.